The molecule has 0 saturated heterocycles. The summed E-state index contributed by atoms with van der Waals surface area (Å²) >= 11 is 2.26. The first-order valence-electron chi connectivity index (χ1n) is 11.7. The number of phosphoric ester groups is 1. The molecule has 0 radical (unpaired) electrons. The molecule has 0 aliphatic heterocycles. The second-order valence-electron chi connectivity index (χ2n) is 7.76. The number of hydrogen-bond donors (Lipinski definition) is 0. The van der Waals surface area contributed by atoms with Crippen molar-refractivity contribution in [3.63, 3.8) is 0 Å². The van der Waals surface area contributed by atoms with E-state index in [-0.39, 0.29) is 35.7 Å². The van der Waals surface area contributed by atoms with Gasteiger partial charge >= 0.3 is 18.9 Å². The molecule has 1 unspecified atom stereocenters. The molecule has 0 aromatic carbocycles. The molecule has 10 heteroatoms. The average molecular weight is 505 g/mol. The number of carbonyl (C=O) groups excluding carboxylic acids is 2. The van der Waals surface area contributed by atoms with Crippen molar-refractivity contribution in [1.82, 2.24) is 0 Å². The molecule has 0 aliphatic rings. The van der Waals surface area contributed by atoms with E-state index < -0.39 is 13.1 Å². The number of phosphoric acid groups is 1. The van der Waals surface area contributed by atoms with Crippen LogP contribution in [0.3, 0.4) is 0 Å². The fourth-order valence-corrected chi connectivity index (χ4v) is 5.52. The summed E-state index contributed by atoms with van der Waals surface area (Å²) in [6.07, 6.45) is 14.3. The predicted molar refractivity (Wildman–Crippen MR) is 130 cm³/mol. The van der Waals surface area contributed by atoms with Crippen molar-refractivity contribution in [2.75, 3.05) is 19.5 Å². The fraction of sp³-hybridized carbons (Fsp3) is 0.909. The van der Waals surface area contributed by atoms with E-state index >= 15 is 0 Å². The Morgan fingerprint density at radius 3 is 1.81 bits per heavy atom. The van der Waals surface area contributed by atoms with Crippen LogP contribution in [0.25, 0.3) is 0 Å². The molecule has 0 rings (SSSR count). The Morgan fingerprint density at radius 2 is 1.31 bits per heavy atom. The number of unbranched alkanes of at least 4 members (excludes halogenated alkanes) is 10. The molecule has 0 heterocycles. The van der Waals surface area contributed by atoms with Gasteiger partial charge in [0.25, 0.3) is 7.82 Å². The Hall–Kier alpha value is 0.747. The zero-order valence-corrected chi connectivity index (χ0v) is 23.1. The van der Waals surface area contributed by atoms with Crippen LogP contribution >= 0.6 is 31.3 Å². The first kappa shape index (κ1) is 34.9. The van der Waals surface area contributed by atoms with Gasteiger partial charge in [-0.25, -0.2) is 0 Å². The van der Waals surface area contributed by atoms with Crippen LogP contribution in [-0.2, 0) is 23.2 Å². The van der Waals surface area contributed by atoms with Crippen LogP contribution in [0.1, 0.15) is 104 Å². The Kier molecular flexibility index (Phi) is 25.6. The van der Waals surface area contributed by atoms with Crippen LogP contribution in [0.15, 0.2) is 0 Å². The molecular weight excluding hydrogens is 462 g/mol. The van der Waals surface area contributed by atoms with Gasteiger partial charge in [0.1, 0.15) is 0 Å². The van der Waals surface area contributed by atoms with Gasteiger partial charge in [0.05, 0.1) is 6.61 Å². The zero-order chi connectivity index (χ0) is 23.4. The number of carbonyl (C=O) groups is 2. The zero-order valence-electron chi connectivity index (χ0n) is 20.6. The van der Waals surface area contributed by atoms with Gasteiger partial charge in [-0.1, -0.05) is 102 Å². The summed E-state index contributed by atoms with van der Waals surface area (Å²) in [4.78, 5) is 36.0. The van der Waals surface area contributed by atoms with E-state index in [2.05, 4.69) is 18.4 Å². The Bertz CT molecular complexity index is 525. The van der Waals surface area contributed by atoms with Crippen molar-refractivity contribution in [3.05, 3.63) is 0 Å². The fourth-order valence-electron chi connectivity index (χ4n) is 2.95. The van der Waals surface area contributed by atoms with Crippen molar-refractivity contribution in [2.45, 2.75) is 109 Å². The maximum absolute atomic E-state index is 12.3. The van der Waals surface area contributed by atoms with Gasteiger partial charge in [0, 0.05) is 31.0 Å². The van der Waals surface area contributed by atoms with Gasteiger partial charge < -0.3 is 13.9 Å². The quantitative estimate of drug-likeness (QED) is 0.133. The third kappa shape index (κ3) is 22.5. The number of rotatable bonds is 21. The molecule has 0 fully saturated rings. The van der Waals surface area contributed by atoms with Gasteiger partial charge in [-0.2, -0.15) is 0 Å². The normalized spacial score (nSPS) is 13.9. The van der Waals surface area contributed by atoms with E-state index in [9.17, 15) is 19.0 Å². The first-order valence-corrected chi connectivity index (χ1v) is 15.0. The molecule has 0 amide bonds. The molecule has 0 spiro atoms. The summed E-state index contributed by atoms with van der Waals surface area (Å²) in [6, 6.07) is 0. The molecule has 184 valence electrons. The standard InChI is InChI=1S/C22H43O6PS2.Li/c1-4-6-8-10-12-14-16-21(23)30-19-20(18-28-29(25,26)27-3)31-22(24)17-15-13-11-9-7-5-2;/h20H,4-19H2,1-3H3,(H,25,26);/q;+1/p-1/t20-;/m0./s1. The van der Waals surface area contributed by atoms with Crippen molar-refractivity contribution >= 4 is 41.6 Å². The van der Waals surface area contributed by atoms with Gasteiger partial charge in [0.2, 0.25) is 0 Å². The molecule has 0 aliphatic carbocycles. The molecular formula is C22H42LiO6PS2. The van der Waals surface area contributed by atoms with Crippen LogP contribution < -0.4 is 23.8 Å². The van der Waals surface area contributed by atoms with Gasteiger partial charge in [0.15, 0.2) is 10.2 Å². The molecule has 0 bridgehead atoms. The minimum absolute atomic E-state index is 0. The van der Waals surface area contributed by atoms with E-state index in [1.54, 1.807) is 0 Å². The van der Waals surface area contributed by atoms with Crippen LogP contribution in [-0.4, -0.2) is 35.0 Å². The van der Waals surface area contributed by atoms with E-state index in [4.69, 9.17) is 4.52 Å². The molecule has 0 N–H and O–H groups in total. The van der Waals surface area contributed by atoms with E-state index in [1.807, 2.05) is 0 Å². The molecule has 0 saturated carbocycles. The number of thioether (sulfide) groups is 2. The van der Waals surface area contributed by atoms with Crippen molar-refractivity contribution in [1.29, 1.82) is 0 Å². The minimum atomic E-state index is -4.36. The summed E-state index contributed by atoms with van der Waals surface area (Å²) in [5.74, 6) is 0.352. The largest absolute Gasteiger partial charge is 1.00 e. The van der Waals surface area contributed by atoms with Gasteiger partial charge in [-0.05, 0) is 12.8 Å². The molecule has 6 nitrogen and oxygen atoms in total. The molecule has 0 aromatic rings. The monoisotopic (exact) mass is 504 g/mol. The second-order valence-corrected chi connectivity index (χ2v) is 11.7. The Balaban J connectivity index is 0. The smallest absolute Gasteiger partial charge is 0.756 e. The van der Waals surface area contributed by atoms with Crippen molar-refractivity contribution in [2.24, 2.45) is 0 Å². The predicted octanol–water partition coefficient (Wildman–Crippen LogP) is 3.51. The van der Waals surface area contributed by atoms with Crippen molar-refractivity contribution < 1.29 is 47.0 Å². The third-order valence-electron chi connectivity index (χ3n) is 4.84. The van der Waals surface area contributed by atoms with E-state index in [1.165, 1.54) is 50.3 Å². The summed E-state index contributed by atoms with van der Waals surface area (Å²) in [7, 11) is -3.31. The first-order chi connectivity index (χ1) is 14.8. The average Bonchev–Trinajstić information content (AvgIpc) is 2.75. The maximum atomic E-state index is 12.3. The topological polar surface area (TPSA) is 92.7 Å². The van der Waals surface area contributed by atoms with Crippen LogP contribution in [0.5, 0.6) is 0 Å². The summed E-state index contributed by atoms with van der Waals surface area (Å²) in [5.41, 5.74) is 0. The third-order valence-corrected chi connectivity index (χ3v) is 8.16. The molecule has 2 atom stereocenters. The van der Waals surface area contributed by atoms with Crippen LogP contribution in [0.2, 0.25) is 0 Å². The SMILES string of the molecule is CCCCCCCCC(=O)SC[C@H](COP(=O)([O-])OC)SC(=O)CCCCCCCC.[Li+]. The van der Waals surface area contributed by atoms with Crippen LogP contribution in [0.4, 0.5) is 0 Å². The summed E-state index contributed by atoms with van der Waals surface area (Å²) in [6.45, 7) is 4.18. The molecule has 0 aromatic heterocycles. The van der Waals surface area contributed by atoms with Gasteiger partial charge in [-0.15, -0.1) is 0 Å². The second kappa shape index (κ2) is 23.5. The summed E-state index contributed by atoms with van der Waals surface area (Å²) < 4.78 is 20.7. The minimum Gasteiger partial charge on any atom is -0.756 e. The summed E-state index contributed by atoms with van der Waals surface area (Å²) in [5, 5.41) is -0.295. The number of hydrogen-bond acceptors (Lipinski definition) is 8. The van der Waals surface area contributed by atoms with Gasteiger partial charge in [-0.3, -0.25) is 14.2 Å². The van der Waals surface area contributed by atoms with Crippen LogP contribution in [0, 0.1) is 0 Å². The van der Waals surface area contributed by atoms with E-state index in [0.29, 0.717) is 18.6 Å². The Labute approximate surface area is 216 Å². The van der Waals surface area contributed by atoms with E-state index in [0.717, 1.165) is 57.4 Å². The molecule has 32 heavy (non-hydrogen) atoms. The maximum Gasteiger partial charge on any atom is 1.00 e. The van der Waals surface area contributed by atoms with Crippen molar-refractivity contribution in [3.8, 4) is 0 Å². The Morgan fingerprint density at radius 1 is 0.844 bits per heavy atom.